The SMILES string of the molecule is CC(=O)[C@H]1CC[C@H]2[C@@H]3C=CC4=CC(=O)CC[C@@]4(C)[C@@H]3CC[C@]12CCCc1ccc(C(=O)O)cc1. The van der Waals surface area contributed by atoms with Crippen molar-refractivity contribution in [2.24, 2.45) is 34.5 Å². The fraction of sp³-hybridized carbons (Fsp3) is 0.567. The van der Waals surface area contributed by atoms with E-state index >= 15 is 0 Å². The molecule has 4 nitrogen and oxygen atoms in total. The van der Waals surface area contributed by atoms with Crippen molar-refractivity contribution in [2.45, 2.75) is 71.6 Å². The number of aryl methyl sites for hydroxylation is 1. The second-order valence-electron chi connectivity index (χ2n) is 11.5. The lowest BCUT2D eigenvalue weighted by atomic mass is 9.47. The number of carbonyl (C=O) groups excluding carboxylic acids is 2. The molecule has 1 N–H and O–H groups in total. The highest BCUT2D eigenvalue weighted by Crippen LogP contribution is 2.66. The molecular formula is C30H36O4. The van der Waals surface area contributed by atoms with Gasteiger partial charge in [-0.2, -0.15) is 0 Å². The van der Waals surface area contributed by atoms with E-state index in [4.69, 9.17) is 5.11 Å². The van der Waals surface area contributed by atoms with Crippen molar-refractivity contribution in [3.8, 4) is 0 Å². The number of carbonyl (C=O) groups is 3. The average Bonchev–Trinajstić information content (AvgIpc) is 3.20. The predicted octanol–water partition coefficient (Wildman–Crippen LogP) is 6.20. The maximum atomic E-state index is 12.8. The van der Waals surface area contributed by atoms with Crippen LogP contribution in [0.2, 0.25) is 0 Å². The number of rotatable bonds is 6. The molecular weight excluding hydrogens is 424 g/mol. The quantitative estimate of drug-likeness (QED) is 0.549. The number of allylic oxidation sites excluding steroid dienone is 4. The summed E-state index contributed by atoms with van der Waals surface area (Å²) in [5, 5.41) is 9.15. The summed E-state index contributed by atoms with van der Waals surface area (Å²) in [6, 6.07) is 7.22. The fourth-order valence-electron chi connectivity index (χ4n) is 8.34. The molecule has 1 aromatic carbocycles. The van der Waals surface area contributed by atoms with E-state index in [2.05, 4.69) is 19.1 Å². The van der Waals surface area contributed by atoms with E-state index in [9.17, 15) is 14.4 Å². The average molecular weight is 461 g/mol. The van der Waals surface area contributed by atoms with Crippen molar-refractivity contribution in [2.75, 3.05) is 0 Å². The molecule has 34 heavy (non-hydrogen) atoms. The normalized spacial score (nSPS) is 36.3. The Bertz CT molecular complexity index is 1060. The minimum Gasteiger partial charge on any atom is -0.478 e. The van der Waals surface area contributed by atoms with Crippen LogP contribution in [-0.2, 0) is 16.0 Å². The molecule has 0 heterocycles. The van der Waals surface area contributed by atoms with Gasteiger partial charge in [-0.25, -0.2) is 4.79 Å². The fourth-order valence-corrected chi connectivity index (χ4v) is 8.34. The van der Waals surface area contributed by atoms with Crippen molar-refractivity contribution in [1.82, 2.24) is 0 Å². The summed E-state index contributed by atoms with van der Waals surface area (Å²) in [6.45, 7) is 4.16. The van der Waals surface area contributed by atoms with Crippen LogP contribution in [0.25, 0.3) is 0 Å². The zero-order chi connectivity index (χ0) is 24.1. The molecule has 0 amide bonds. The van der Waals surface area contributed by atoms with Crippen molar-refractivity contribution in [3.05, 3.63) is 59.2 Å². The van der Waals surface area contributed by atoms with E-state index in [0.717, 1.165) is 56.9 Å². The number of fused-ring (bicyclic) bond motifs is 5. The zero-order valence-electron chi connectivity index (χ0n) is 20.4. The van der Waals surface area contributed by atoms with Gasteiger partial charge in [0.05, 0.1) is 5.56 Å². The molecule has 0 radical (unpaired) electrons. The lowest BCUT2D eigenvalue weighted by Crippen LogP contribution is -2.50. The molecule has 2 saturated carbocycles. The van der Waals surface area contributed by atoms with Crippen LogP contribution in [-0.4, -0.2) is 22.6 Å². The molecule has 0 bridgehead atoms. The molecule has 180 valence electrons. The highest BCUT2D eigenvalue weighted by molar-refractivity contribution is 5.92. The smallest absolute Gasteiger partial charge is 0.335 e. The summed E-state index contributed by atoms with van der Waals surface area (Å²) in [6.07, 6.45) is 15.5. The molecule has 0 spiro atoms. The zero-order valence-corrected chi connectivity index (χ0v) is 20.4. The van der Waals surface area contributed by atoms with Crippen LogP contribution >= 0.6 is 0 Å². The first-order valence-electron chi connectivity index (χ1n) is 13.0. The van der Waals surface area contributed by atoms with Gasteiger partial charge in [0, 0.05) is 12.3 Å². The van der Waals surface area contributed by atoms with Crippen LogP contribution < -0.4 is 0 Å². The van der Waals surface area contributed by atoms with E-state index in [0.29, 0.717) is 35.5 Å². The Kier molecular flexibility index (Phi) is 5.90. The van der Waals surface area contributed by atoms with Crippen molar-refractivity contribution in [3.63, 3.8) is 0 Å². The summed E-state index contributed by atoms with van der Waals surface area (Å²) >= 11 is 0. The van der Waals surface area contributed by atoms with Crippen LogP contribution in [0.3, 0.4) is 0 Å². The van der Waals surface area contributed by atoms with Crippen molar-refractivity contribution < 1.29 is 19.5 Å². The van der Waals surface area contributed by atoms with Gasteiger partial charge >= 0.3 is 5.97 Å². The van der Waals surface area contributed by atoms with Gasteiger partial charge in [-0.1, -0.05) is 31.2 Å². The Morgan fingerprint density at radius 2 is 1.82 bits per heavy atom. The molecule has 0 unspecified atom stereocenters. The number of benzene rings is 1. The number of aromatic carboxylic acids is 1. The first-order valence-corrected chi connectivity index (χ1v) is 13.0. The third-order valence-corrected chi connectivity index (χ3v) is 10.0. The molecule has 1 aromatic rings. The number of hydrogen-bond acceptors (Lipinski definition) is 3. The molecule has 0 aliphatic heterocycles. The Hall–Kier alpha value is -2.49. The van der Waals surface area contributed by atoms with E-state index < -0.39 is 5.97 Å². The van der Waals surface area contributed by atoms with Gasteiger partial charge in [0.25, 0.3) is 0 Å². The van der Waals surface area contributed by atoms with Crippen LogP contribution in [0, 0.1) is 34.5 Å². The van der Waals surface area contributed by atoms with Gasteiger partial charge in [0.15, 0.2) is 5.78 Å². The lowest BCUT2D eigenvalue weighted by Gasteiger charge is -2.57. The van der Waals surface area contributed by atoms with Crippen LogP contribution in [0.1, 0.15) is 81.1 Å². The minimum absolute atomic E-state index is 0.0699. The summed E-state index contributed by atoms with van der Waals surface area (Å²) in [7, 11) is 0. The number of carboxylic acid groups (broad SMARTS) is 1. The highest BCUT2D eigenvalue weighted by Gasteiger charge is 2.60. The Balaban J connectivity index is 1.38. The van der Waals surface area contributed by atoms with Gasteiger partial charge in [-0.3, -0.25) is 9.59 Å². The monoisotopic (exact) mass is 460 g/mol. The minimum atomic E-state index is -0.894. The third kappa shape index (κ3) is 3.70. The molecule has 5 rings (SSSR count). The Labute approximate surface area is 202 Å². The van der Waals surface area contributed by atoms with E-state index in [1.807, 2.05) is 18.2 Å². The summed E-state index contributed by atoms with van der Waals surface area (Å²) in [5.74, 6) is 1.44. The predicted molar refractivity (Wildman–Crippen MR) is 131 cm³/mol. The largest absolute Gasteiger partial charge is 0.478 e. The van der Waals surface area contributed by atoms with E-state index in [1.165, 1.54) is 5.57 Å². The Morgan fingerprint density at radius 3 is 2.53 bits per heavy atom. The second-order valence-corrected chi connectivity index (χ2v) is 11.5. The van der Waals surface area contributed by atoms with Crippen molar-refractivity contribution >= 4 is 17.5 Å². The number of hydrogen-bond donors (Lipinski definition) is 1. The molecule has 6 atom stereocenters. The van der Waals surface area contributed by atoms with Gasteiger partial charge in [-0.15, -0.1) is 0 Å². The molecule has 2 fully saturated rings. The molecule has 4 heteroatoms. The van der Waals surface area contributed by atoms with Crippen molar-refractivity contribution in [1.29, 1.82) is 0 Å². The van der Waals surface area contributed by atoms with Gasteiger partial charge in [0.1, 0.15) is 5.78 Å². The number of carboxylic acids is 1. The van der Waals surface area contributed by atoms with Crippen LogP contribution in [0.5, 0.6) is 0 Å². The number of Topliss-reactive ketones (excluding diaryl/α,β-unsaturated/α-hetero) is 1. The molecule has 4 aliphatic carbocycles. The Morgan fingerprint density at radius 1 is 1.06 bits per heavy atom. The molecule has 4 aliphatic rings. The summed E-state index contributed by atoms with van der Waals surface area (Å²) in [4.78, 5) is 36.0. The summed E-state index contributed by atoms with van der Waals surface area (Å²) < 4.78 is 0. The maximum Gasteiger partial charge on any atom is 0.335 e. The topological polar surface area (TPSA) is 71.4 Å². The van der Waals surface area contributed by atoms with E-state index in [-0.39, 0.29) is 22.5 Å². The lowest BCUT2D eigenvalue weighted by molar-refractivity contribution is -0.128. The standard InChI is InChI=1S/C30H36O4/c1-19(31)25-11-12-27-24-10-9-22-18-23(32)13-16-29(22,2)26(24)14-17-30(25,27)15-3-4-20-5-7-21(8-6-20)28(33)34/h5-10,18,24-27H,3-4,11-17H2,1-2H3,(H,33,34)/t24-,25-,26-,27+,29-,30-/m1/s1. The molecule has 0 aromatic heterocycles. The highest BCUT2D eigenvalue weighted by atomic mass is 16.4. The van der Waals surface area contributed by atoms with Gasteiger partial charge in [0.2, 0.25) is 0 Å². The van der Waals surface area contributed by atoms with Gasteiger partial charge in [-0.05, 0) is 116 Å². The second kappa shape index (κ2) is 8.62. The van der Waals surface area contributed by atoms with Crippen LogP contribution in [0.4, 0.5) is 0 Å². The number of ketones is 2. The third-order valence-electron chi connectivity index (χ3n) is 10.0. The first-order chi connectivity index (χ1) is 16.2. The summed E-state index contributed by atoms with van der Waals surface area (Å²) in [5.41, 5.74) is 2.86. The maximum absolute atomic E-state index is 12.8. The van der Waals surface area contributed by atoms with E-state index in [1.54, 1.807) is 19.1 Å². The first kappa shape index (κ1) is 23.3. The van der Waals surface area contributed by atoms with Gasteiger partial charge < -0.3 is 5.11 Å². The van der Waals surface area contributed by atoms with Crippen LogP contribution in [0.15, 0.2) is 48.1 Å². The molecule has 0 saturated heterocycles.